The number of anilines is 1. The molecule has 0 aliphatic rings. The summed E-state index contributed by atoms with van der Waals surface area (Å²) in [5, 5.41) is 10.7. The minimum absolute atomic E-state index is 0.0843. The fraction of sp³-hybridized carbons (Fsp3) is 0.241. The highest BCUT2D eigenvalue weighted by Crippen LogP contribution is 2.33. The molecule has 0 radical (unpaired) electrons. The van der Waals surface area contributed by atoms with Crippen LogP contribution < -0.4 is 10.1 Å². The van der Waals surface area contributed by atoms with Gasteiger partial charge in [-0.1, -0.05) is 55.8 Å². The van der Waals surface area contributed by atoms with Gasteiger partial charge in [-0.2, -0.15) is 23.4 Å². The summed E-state index contributed by atoms with van der Waals surface area (Å²) in [4.78, 5) is 17.5. The summed E-state index contributed by atoms with van der Waals surface area (Å²) in [6.45, 7) is 8.09. The fourth-order valence-electron chi connectivity index (χ4n) is 4.31. The van der Waals surface area contributed by atoms with Crippen LogP contribution in [-0.2, 0) is 12.9 Å². The van der Waals surface area contributed by atoms with E-state index in [1.165, 1.54) is 10.9 Å². The van der Waals surface area contributed by atoms with Crippen LogP contribution in [0, 0.1) is 13.8 Å². The van der Waals surface area contributed by atoms with E-state index in [1.807, 2.05) is 58.0 Å². The summed E-state index contributed by atoms with van der Waals surface area (Å²) < 4.78 is 49.8. The minimum atomic E-state index is -4.72. The number of ether oxygens (including phenoxy) is 1. The van der Waals surface area contributed by atoms with Crippen molar-refractivity contribution in [3.05, 3.63) is 95.1 Å². The molecule has 0 atom stereocenters. The molecule has 0 saturated carbocycles. The first kappa shape index (κ1) is 26.9. The van der Waals surface area contributed by atoms with Gasteiger partial charge < -0.3 is 10.1 Å². The number of aryl methyl sites for hydroxylation is 2. The second-order valence-electron chi connectivity index (χ2n) is 9.86. The Labute approximate surface area is 228 Å². The van der Waals surface area contributed by atoms with Gasteiger partial charge in [0.1, 0.15) is 11.3 Å². The van der Waals surface area contributed by atoms with E-state index in [0.717, 1.165) is 29.0 Å². The molecular formula is C29H27F3N6O2. The SMILES string of the molecule is Cc1ccc(OCn2cc(NC(=O)c3cnn4c(C(F)(F)F)cc(-c5ccc(C(C)C)cc5)nc34)cn2)c(C)c1. The predicted molar refractivity (Wildman–Crippen MR) is 144 cm³/mol. The van der Waals surface area contributed by atoms with Crippen molar-refractivity contribution in [2.24, 2.45) is 0 Å². The number of rotatable bonds is 7. The molecule has 0 spiro atoms. The van der Waals surface area contributed by atoms with E-state index < -0.39 is 17.8 Å². The lowest BCUT2D eigenvalue weighted by molar-refractivity contribution is -0.142. The molecule has 0 bridgehead atoms. The molecule has 1 N–H and O–H groups in total. The van der Waals surface area contributed by atoms with E-state index in [0.29, 0.717) is 21.5 Å². The number of hydrogen-bond acceptors (Lipinski definition) is 5. The number of halogens is 3. The smallest absolute Gasteiger partial charge is 0.433 e. The van der Waals surface area contributed by atoms with Gasteiger partial charge in [-0.3, -0.25) is 4.79 Å². The van der Waals surface area contributed by atoms with E-state index in [9.17, 15) is 18.0 Å². The average Bonchev–Trinajstić information content (AvgIpc) is 3.54. The second-order valence-corrected chi connectivity index (χ2v) is 9.86. The summed E-state index contributed by atoms with van der Waals surface area (Å²) in [7, 11) is 0. The summed E-state index contributed by atoms with van der Waals surface area (Å²) >= 11 is 0. The molecular weight excluding hydrogens is 521 g/mol. The van der Waals surface area contributed by atoms with Crippen molar-refractivity contribution in [2.75, 3.05) is 5.32 Å². The monoisotopic (exact) mass is 548 g/mol. The summed E-state index contributed by atoms with van der Waals surface area (Å²) in [5.74, 6) is 0.306. The predicted octanol–water partition coefficient (Wildman–Crippen LogP) is 6.64. The molecule has 3 aromatic heterocycles. The first-order valence-electron chi connectivity index (χ1n) is 12.6. The zero-order chi connectivity index (χ0) is 28.6. The van der Waals surface area contributed by atoms with Gasteiger partial charge in [-0.05, 0) is 43.0 Å². The van der Waals surface area contributed by atoms with E-state index >= 15 is 0 Å². The maximum atomic E-state index is 14.0. The van der Waals surface area contributed by atoms with Crippen molar-refractivity contribution in [2.45, 2.75) is 46.5 Å². The highest BCUT2D eigenvalue weighted by molar-refractivity contribution is 6.08. The first-order valence-corrected chi connectivity index (χ1v) is 12.6. The van der Waals surface area contributed by atoms with Crippen LogP contribution in [0.15, 0.2) is 67.1 Å². The van der Waals surface area contributed by atoms with Gasteiger partial charge in [0.15, 0.2) is 18.1 Å². The highest BCUT2D eigenvalue weighted by Gasteiger charge is 2.36. The number of hydrogen-bond donors (Lipinski definition) is 1. The lowest BCUT2D eigenvalue weighted by atomic mass is 10.0. The van der Waals surface area contributed by atoms with Crippen molar-refractivity contribution in [1.29, 1.82) is 0 Å². The van der Waals surface area contributed by atoms with E-state index in [1.54, 1.807) is 18.3 Å². The minimum Gasteiger partial charge on any atom is -0.471 e. The van der Waals surface area contributed by atoms with Crippen molar-refractivity contribution in [3.63, 3.8) is 0 Å². The van der Waals surface area contributed by atoms with Crippen LogP contribution in [0.3, 0.4) is 0 Å². The lowest BCUT2D eigenvalue weighted by Crippen LogP contribution is -2.15. The Balaban J connectivity index is 1.40. The van der Waals surface area contributed by atoms with Crippen molar-refractivity contribution < 1.29 is 22.7 Å². The maximum Gasteiger partial charge on any atom is 0.433 e. The highest BCUT2D eigenvalue weighted by atomic mass is 19.4. The third-order valence-electron chi connectivity index (χ3n) is 6.45. The van der Waals surface area contributed by atoms with Gasteiger partial charge in [0.05, 0.1) is 30.0 Å². The fourth-order valence-corrected chi connectivity index (χ4v) is 4.31. The molecule has 5 aromatic rings. The second kappa shape index (κ2) is 10.5. The third-order valence-corrected chi connectivity index (χ3v) is 6.45. The number of fused-ring (bicyclic) bond motifs is 1. The Bertz CT molecular complexity index is 1690. The molecule has 0 fully saturated rings. The molecule has 2 aromatic carbocycles. The first-order chi connectivity index (χ1) is 19.0. The van der Waals surface area contributed by atoms with Crippen molar-refractivity contribution >= 4 is 17.2 Å². The van der Waals surface area contributed by atoms with Crippen LogP contribution in [0.5, 0.6) is 5.75 Å². The number of benzene rings is 2. The number of nitrogens with one attached hydrogen (secondary N) is 1. The zero-order valence-corrected chi connectivity index (χ0v) is 22.3. The molecule has 5 rings (SSSR count). The van der Waals surface area contributed by atoms with Crippen LogP contribution in [0.2, 0.25) is 0 Å². The summed E-state index contributed by atoms with van der Waals surface area (Å²) in [6, 6.07) is 13.9. The Morgan fingerprint density at radius 2 is 1.77 bits per heavy atom. The van der Waals surface area contributed by atoms with Crippen LogP contribution >= 0.6 is 0 Å². The third kappa shape index (κ3) is 5.54. The number of aromatic nitrogens is 5. The van der Waals surface area contributed by atoms with E-state index in [4.69, 9.17) is 4.74 Å². The molecule has 1 amide bonds. The van der Waals surface area contributed by atoms with Crippen molar-refractivity contribution in [1.82, 2.24) is 24.4 Å². The number of carbonyl (C=O) groups is 1. The molecule has 206 valence electrons. The molecule has 8 nitrogen and oxygen atoms in total. The Kier molecular flexibility index (Phi) is 7.05. The van der Waals surface area contributed by atoms with E-state index in [-0.39, 0.29) is 29.6 Å². The quantitative estimate of drug-likeness (QED) is 0.246. The molecule has 3 heterocycles. The molecule has 0 aliphatic carbocycles. The molecule has 40 heavy (non-hydrogen) atoms. The normalized spacial score (nSPS) is 11.8. The number of nitrogens with zero attached hydrogens (tertiary/aromatic N) is 5. The van der Waals surface area contributed by atoms with Gasteiger partial charge in [0, 0.05) is 5.56 Å². The Morgan fingerprint density at radius 3 is 2.45 bits per heavy atom. The topological polar surface area (TPSA) is 86.3 Å². The van der Waals surface area contributed by atoms with E-state index in [2.05, 4.69) is 20.5 Å². The molecule has 0 saturated heterocycles. The molecule has 0 unspecified atom stereocenters. The summed E-state index contributed by atoms with van der Waals surface area (Å²) in [6.07, 6.45) is -0.661. The van der Waals surface area contributed by atoms with Gasteiger partial charge in [0.25, 0.3) is 5.91 Å². The standard InChI is InChI=1S/C29H27F3N6O2/c1-17(2)20-6-8-21(9-7-20)24-12-26(29(30,31)32)38-27(36-24)23(14-34-38)28(39)35-22-13-33-37(15-22)16-40-25-10-5-18(3)11-19(25)4/h5-15,17H,16H2,1-4H3,(H,35,39). The number of carbonyl (C=O) groups excluding carboxylic acids is 1. The van der Waals surface area contributed by atoms with Gasteiger partial charge in [-0.15, -0.1) is 0 Å². The van der Waals surface area contributed by atoms with Gasteiger partial charge >= 0.3 is 6.18 Å². The van der Waals surface area contributed by atoms with Crippen LogP contribution in [0.1, 0.15) is 52.5 Å². The number of amides is 1. The van der Waals surface area contributed by atoms with Gasteiger partial charge in [0.2, 0.25) is 0 Å². The van der Waals surface area contributed by atoms with Crippen molar-refractivity contribution in [3.8, 4) is 17.0 Å². The zero-order valence-electron chi connectivity index (χ0n) is 22.3. The van der Waals surface area contributed by atoms with Crippen LogP contribution in [0.25, 0.3) is 16.9 Å². The lowest BCUT2D eigenvalue weighted by Gasteiger charge is -2.12. The Hall–Kier alpha value is -4.67. The van der Waals surface area contributed by atoms with Crippen LogP contribution in [0.4, 0.5) is 18.9 Å². The van der Waals surface area contributed by atoms with Crippen LogP contribution in [-0.4, -0.2) is 30.3 Å². The average molecular weight is 549 g/mol. The molecule has 0 aliphatic heterocycles. The number of alkyl halides is 3. The van der Waals surface area contributed by atoms with Gasteiger partial charge in [-0.25, -0.2) is 14.2 Å². The molecule has 11 heteroatoms. The largest absolute Gasteiger partial charge is 0.471 e. The maximum absolute atomic E-state index is 14.0. The summed E-state index contributed by atoms with van der Waals surface area (Å²) in [5.41, 5.74) is 2.72. The Morgan fingerprint density at radius 1 is 1.02 bits per heavy atom.